The number of hydrogen-bond acceptors (Lipinski definition) is 4. The van der Waals surface area contributed by atoms with Crippen LogP contribution >= 0.6 is 15.9 Å². The Hall–Kier alpha value is -2.35. The minimum Gasteiger partial charge on any atom is -0.398 e. The van der Waals surface area contributed by atoms with Gasteiger partial charge in [-0.1, -0.05) is 15.9 Å². The molecule has 0 aliphatic rings. The van der Waals surface area contributed by atoms with Crippen LogP contribution in [0.3, 0.4) is 0 Å². The molecule has 0 saturated heterocycles. The van der Waals surface area contributed by atoms with E-state index in [0.29, 0.717) is 10.0 Å². The summed E-state index contributed by atoms with van der Waals surface area (Å²) in [5, 5.41) is 11.1. The molecule has 2 N–H and O–H groups in total. The predicted molar refractivity (Wildman–Crippen MR) is 76.6 cm³/mol. The van der Waals surface area contributed by atoms with Gasteiger partial charge in [-0.15, -0.1) is 5.10 Å². The highest BCUT2D eigenvalue weighted by Gasteiger charge is 2.16. The van der Waals surface area contributed by atoms with Crippen molar-refractivity contribution in [1.82, 2.24) is 20.2 Å². The van der Waals surface area contributed by atoms with Gasteiger partial charge in [0.2, 0.25) is 0 Å². The summed E-state index contributed by atoms with van der Waals surface area (Å²) in [6, 6.07) is 8.34. The van der Waals surface area contributed by atoms with Crippen LogP contribution in [0.15, 0.2) is 40.9 Å². The highest BCUT2D eigenvalue weighted by atomic mass is 79.9. The molecule has 0 fully saturated rings. The normalized spacial score (nSPS) is 10.8. The fraction of sp³-hybridized carbons (Fsp3) is 0. The van der Waals surface area contributed by atoms with Gasteiger partial charge in [-0.25, -0.2) is 8.78 Å². The number of hydrogen-bond donors (Lipinski definition) is 1. The number of tetrazole rings is 1. The third-order valence-corrected chi connectivity index (χ3v) is 3.36. The summed E-state index contributed by atoms with van der Waals surface area (Å²) >= 11 is 3.18. The second kappa shape index (κ2) is 5.21. The van der Waals surface area contributed by atoms with E-state index in [0.717, 1.165) is 6.07 Å². The summed E-state index contributed by atoms with van der Waals surface area (Å²) < 4.78 is 29.0. The number of aromatic nitrogens is 4. The van der Waals surface area contributed by atoms with Crippen molar-refractivity contribution in [2.24, 2.45) is 0 Å². The molecule has 3 rings (SSSR count). The number of nitrogens with two attached hydrogens (primary N) is 1. The van der Waals surface area contributed by atoms with Gasteiger partial charge in [-0.3, -0.25) is 0 Å². The van der Waals surface area contributed by atoms with Gasteiger partial charge in [0.15, 0.2) is 5.82 Å². The Morgan fingerprint density at radius 1 is 1.10 bits per heavy atom. The summed E-state index contributed by atoms with van der Waals surface area (Å²) in [4.78, 5) is 0. The van der Waals surface area contributed by atoms with Crippen molar-refractivity contribution >= 4 is 21.6 Å². The Kier molecular flexibility index (Phi) is 3.38. The topological polar surface area (TPSA) is 69.6 Å². The van der Waals surface area contributed by atoms with Crippen LogP contribution < -0.4 is 5.73 Å². The Morgan fingerprint density at radius 2 is 1.90 bits per heavy atom. The van der Waals surface area contributed by atoms with Crippen molar-refractivity contribution in [2.45, 2.75) is 0 Å². The monoisotopic (exact) mass is 351 g/mol. The van der Waals surface area contributed by atoms with Gasteiger partial charge in [0.05, 0.1) is 0 Å². The second-order valence-electron chi connectivity index (χ2n) is 4.24. The molecule has 106 valence electrons. The van der Waals surface area contributed by atoms with Gasteiger partial charge in [-0.2, -0.15) is 4.68 Å². The Labute approximate surface area is 126 Å². The fourth-order valence-electron chi connectivity index (χ4n) is 1.91. The van der Waals surface area contributed by atoms with Crippen LogP contribution in [0.4, 0.5) is 14.5 Å². The molecule has 2 aromatic carbocycles. The lowest BCUT2D eigenvalue weighted by atomic mass is 10.1. The number of nitrogens with zero attached hydrogens (tertiary/aromatic N) is 4. The molecular formula is C13H8BrF2N5. The molecule has 0 unspecified atom stereocenters. The van der Waals surface area contributed by atoms with E-state index in [1.54, 1.807) is 6.07 Å². The third kappa shape index (κ3) is 2.49. The van der Waals surface area contributed by atoms with E-state index in [-0.39, 0.29) is 17.2 Å². The minimum absolute atomic E-state index is 0.168. The smallest absolute Gasteiger partial charge is 0.189 e. The number of nitrogen functional groups attached to an aromatic ring is 1. The Balaban J connectivity index is 2.17. The lowest BCUT2D eigenvalue weighted by molar-refractivity contribution is 0.607. The van der Waals surface area contributed by atoms with E-state index in [9.17, 15) is 8.78 Å². The van der Waals surface area contributed by atoms with Crippen molar-refractivity contribution < 1.29 is 8.78 Å². The molecule has 3 aromatic rings. The maximum Gasteiger partial charge on any atom is 0.189 e. The molecule has 0 aliphatic heterocycles. The van der Waals surface area contributed by atoms with Crippen molar-refractivity contribution in [3.63, 3.8) is 0 Å². The largest absolute Gasteiger partial charge is 0.398 e. The predicted octanol–water partition coefficient (Wildman–Crippen LogP) is 2.95. The van der Waals surface area contributed by atoms with Crippen molar-refractivity contribution in [3.8, 4) is 17.1 Å². The molecule has 0 spiro atoms. The zero-order valence-corrected chi connectivity index (χ0v) is 12.1. The van der Waals surface area contributed by atoms with Crippen LogP contribution in [0.5, 0.6) is 0 Å². The third-order valence-electron chi connectivity index (χ3n) is 2.86. The number of benzene rings is 2. The minimum atomic E-state index is -0.501. The zero-order valence-electron chi connectivity index (χ0n) is 10.5. The van der Waals surface area contributed by atoms with Gasteiger partial charge in [0, 0.05) is 15.7 Å². The number of rotatable bonds is 2. The summed E-state index contributed by atoms with van der Waals surface area (Å²) in [5.41, 5.74) is 6.53. The van der Waals surface area contributed by atoms with Crippen LogP contribution in [0.25, 0.3) is 17.1 Å². The molecule has 21 heavy (non-hydrogen) atoms. The first-order valence-corrected chi connectivity index (χ1v) is 6.65. The van der Waals surface area contributed by atoms with E-state index in [2.05, 4.69) is 31.5 Å². The lowest BCUT2D eigenvalue weighted by Crippen LogP contribution is -2.04. The molecule has 0 amide bonds. The van der Waals surface area contributed by atoms with Gasteiger partial charge in [0.1, 0.15) is 17.3 Å². The van der Waals surface area contributed by atoms with Crippen molar-refractivity contribution in [2.75, 3.05) is 5.73 Å². The molecule has 0 atom stereocenters. The highest BCUT2D eigenvalue weighted by molar-refractivity contribution is 9.10. The molecular weight excluding hydrogens is 344 g/mol. The molecule has 1 aromatic heterocycles. The summed E-state index contributed by atoms with van der Waals surface area (Å²) in [6.45, 7) is 0. The van der Waals surface area contributed by atoms with Gasteiger partial charge in [0.25, 0.3) is 0 Å². The first kappa shape index (κ1) is 13.6. The van der Waals surface area contributed by atoms with Crippen molar-refractivity contribution in [3.05, 3.63) is 52.5 Å². The Morgan fingerprint density at radius 3 is 2.62 bits per heavy atom. The number of anilines is 1. The fourth-order valence-corrected chi connectivity index (χ4v) is 2.24. The lowest BCUT2D eigenvalue weighted by Gasteiger charge is -2.08. The quantitative estimate of drug-likeness (QED) is 0.720. The van der Waals surface area contributed by atoms with Crippen LogP contribution in [-0.2, 0) is 0 Å². The average Bonchev–Trinajstić information content (AvgIpc) is 2.87. The molecule has 0 bridgehead atoms. The highest BCUT2D eigenvalue weighted by Crippen LogP contribution is 2.27. The zero-order chi connectivity index (χ0) is 15.0. The van der Waals surface area contributed by atoms with Gasteiger partial charge >= 0.3 is 0 Å². The SMILES string of the molecule is Nc1cc(F)ccc1-c1nnnn1-c1ccc(Br)cc1F. The number of halogens is 3. The van der Waals surface area contributed by atoms with E-state index in [1.165, 1.54) is 28.9 Å². The molecule has 5 nitrogen and oxygen atoms in total. The summed E-state index contributed by atoms with van der Waals surface area (Å²) in [5.74, 6) is -0.738. The van der Waals surface area contributed by atoms with Gasteiger partial charge in [-0.05, 0) is 46.8 Å². The molecule has 0 aliphatic carbocycles. The van der Waals surface area contributed by atoms with Crippen LogP contribution in [0.2, 0.25) is 0 Å². The molecule has 0 saturated carbocycles. The second-order valence-corrected chi connectivity index (χ2v) is 5.16. The maximum atomic E-state index is 14.0. The average molecular weight is 352 g/mol. The first-order chi connectivity index (χ1) is 10.1. The molecule has 1 heterocycles. The van der Waals surface area contributed by atoms with Gasteiger partial charge < -0.3 is 5.73 Å². The standard InChI is InChI=1S/C13H8BrF2N5/c14-7-1-4-12(10(16)5-7)21-13(18-19-20-21)9-3-2-8(15)6-11(9)17/h1-6H,17H2. The maximum absolute atomic E-state index is 14.0. The first-order valence-electron chi connectivity index (χ1n) is 5.85. The van der Waals surface area contributed by atoms with E-state index >= 15 is 0 Å². The van der Waals surface area contributed by atoms with Crippen molar-refractivity contribution in [1.29, 1.82) is 0 Å². The summed E-state index contributed by atoms with van der Waals surface area (Å²) in [7, 11) is 0. The summed E-state index contributed by atoms with van der Waals surface area (Å²) in [6.07, 6.45) is 0. The van der Waals surface area contributed by atoms with Crippen LogP contribution in [-0.4, -0.2) is 20.2 Å². The van der Waals surface area contributed by atoms with Crippen LogP contribution in [0.1, 0.15) is 0 Å². The Bertz CT molecular complexity index is 752. The van der Waals surface area contributed by atoms with E-state index in [1.807, 2.05) is 0 Å². The van der Waals surface area contributed by atoms with E-state index in [4.69, 9.17) is 5.73 Å². The molecule has 0 radical (unpaired) electrons. The van der Waals surface area contributed by atoms with E-state index < -0.39 is 11.6 Å². The molecule has 8 heteroatoms. The van der Waals surface area contributed by atoms with Crippen LogP contribution in [0, 0.1) is 11.6 Å².